The number of halogens is 2. The molecule has 0 saturated carbocycles. The Hall–Kier alpha value is -2.88. The predicted molar refractivity (Wildman–Crippen MR) is 95.1 cm³/mol. The number of thiazole rings is 1. The predicted octanol–water partition coefficient (Wildman–Crippen LogP) is 2.21. The second-order valence-corrected chi connectivity index (χ2v) is 7.29. The molecule has 2 aliphatic heterocycles. The molecule has 146 valence electrons. The van der Waals surface area contributed by atoms with Gasteiger partial charge in [0.15, 0.2) is 6.61 Å². The van der Waals surface area contributed by atoms with Crippen LogP contribution in [0.4, 0.5) is 8.78 Å². The number of amides is 3. The maximum absolute atomic E-state index is 12.7. The average molecular weight is 407 g/mol. The van der Waals surface area contributed by atoms with Crippen LogP contribution in [0.5, 0.6) is 5.19 Å². The van der Waals surface area contributed by atoms with E-state index < -0.39 is 25.0 Å². The van der Waals surface area contributed by atoms with Crippen molar-refractivity contribution in [1.82, 2.24) is 15.2 Å². The first-order valence-corrected chi connectivity index (χ1v) is 9.45. The summed E-state index contributed by atoms with van der Waals surface area (Å²) in [6.45, 7) is -0.459. The van der Waals surface area contributed by atoms with Crippen LogP contribution in [0.25, 0.3) is 11.3 Å². The number of carbonyl (C=O) groups excluding carboxylic acids is 3. The van der Waals surface area contributed by atoms with Gasteiger partial charge in [0, 0.05) is 29.5 Å². The lowest BCUT2D eigenvalue weighted by molar-refractivity contribution is -0.136. The van der Waals surface area contributed by atoms with Crippen molar-refractivity contribution in [1.29, 1.82) is 0 Å². The topological polar surface area (TPSA) is 88.6 Å². The van der Waals surface area contributed by atoms with Crippen molar-refractivity contribution < 1.29 is 27.9 Å². The number of nitrogens with one attached hydrogen (secondary N) is 1. The van der Waals surface area contributed by atoms with Gasteiger partial charge in [0.1, 0.15) is 6.04 Å². The molecular weight excluding hydrogens is 392 g/mol. The molecular formula is C18H15F2N3O4S. The van der Waals surface area contributed by atoms with Crippen LogP contribution in [0.1, 0.15) is 28.8 Å². The van der Waals surface area contributed by atoms with Crippen LogP contribution in [0.15, 0.2) is 23.6 Å². The third kappa shape index (κ3) is 3.47. The van der Waals surface area contributed by atoms with Gasteiger partial charge in [-0.3, -0.25) is 19.7 Å². The molecule has 1 atom stereocenters. The number of aromatic nitrogens is 1. The van der Waals surface area contributed by atoms with E-state index in [1.165, 1.54) is 4.90 Å². The number of hydrogen-bond donors (Lipinski definition) is 1. The lowest BCUT2D eigenvalue weighted by Gasteiger charge is -2.29. The first kappa shape index (κ1) is 18.5. The summed E-state index contributed by atoms with van der Waals surface area (Å²) in [4.78, 5) is 41.8. The Bertz CT molecular complexity index is 962. The number of alkyl halides is 2. The summed E-state index contributed by atoms with van der Waals surface area (Å²) in [5.74, 6) is -1.05. The van der Waals surface area contributed by atoms with Gasteiger partial charge in [-0.05, 0) is 24.1 Å². The van der Waals surface area contributed by atoms with Crippen LogP contribution in [0.2, 0.25) is 0 Å². The number of imide groups is 1. The van der Waals surface area contributed by atoms with E-state index in [0.717, 1.165) is 22.5 Å². The van der Waals surface area contributed by atoms with Crippen molar-refractivity contribution in [3.63, 3.8) is 0 Å². The van der Waals surface area contributed by atoms with E-state index in [9.17, 15) is 23.2 Å². The van der Waals surface area contributed by atoms with Crippen LogP contribution in [0.3, 0.4) is 0 Å². The van der Waals surface area contributed by atoms with Crippen molar-refractivity contribution in [2.24, 2.45) is 0 Å². The van der Waals surface area contributed by atoms with Gasteiger partial charge < -0.3 is 9.64 Å². The summed E-state index contributed by atoms with van der Waals surface area (Å²) in [6, 6.07) is 4.51. The first-order chi connectivity index (χ1) is 13.4. The number of piperidine rings is 1. The van der Waals surface area contributed by atoms with Gasteiger partial charge in [-0.1, -0.05) is 17.4 Å². The van der Waals surface area contributed by atoms with E-state index in [1.807, 2.05) is 0 Å². The zero-order valence-corrected chi connectivity index (χ0v) is 15.3. The Morgan fingerprint density at radius 2 is 2.14 bits per heavy atom. The highest BCUT2D eigenvalue weighted by Crippen LogP contribution is 2.32. The molecule has 2 aromatic rings. The molecule has 10 heteroatoms. The molecule has 7 nitrogen and oxygen atoms in total. The molecule has 2 aliphatic rings. The third-order valence-corrected chi connectivity index (χ3v) is 5.39. The van der Waals surface area contributed by atoms with Crippen LogP contribution in [-0.4, -0.2) is 46.7 Å². The number of benzene rings is 1. The minimum Gasteiger partial charge on any atom is -0.464 e. The van der Waals surface area contributed by atoms with E-state index in [-0.39, 0.29) is 30.0 Å². The number of carbonyl (C=O) groups is 3. The Morgan fingerprint density at radius 1 is 1.32 bits per heavy atom. The number of ether oxygens (including phenoxy) is 1. The van der Waals surface area contributed by atoms with Crippen molar-refractivity contribution in [2.45, 2.75) is 31.9 Å². The fraction of sp³-hybridized carbons (Fsp3) is 0.333. The summed E-state index contributed by atoms with van der Waals surface area (Å²) in [5, 5.41) is 4.11. The molecule has 4 rings (SSSR count). The monoisotopic (exact) mass is 407 g/mol. The molecule has 1 unspecified atom stereocenters. The lowest BCUT2D eigenvalue weighted by Crippen LogP contribution is -2.52. The van der Waals surface area contributed by atoms with Crippen molar-refractivity contribution >= 4 is 29.1 Å². The zero-order chi connectivity index (χ0) is 19.8. The average Bonchev–Trinajstić information content (AvgIpc) is 3.25. The third-order valence-electron chi connectivity index (χ3n) is 4.64. The second kappa shape index (κ2) is 7.27. The van der Waals surface area contributed by atoms with Crippen LogP contribution >= 0.6 is 11.3 Å². The molecule has 0 radical (unpaired) electrons. The molecule has 1 N–H and O–H groups in total. The summed E-state index contributed by atoms with van der Waals surface area (Å²) in [7, 11) is 0. The number of nitrogens with zero attached hydrogens (tertiary/aromatic N) is 2. The van der Waals surface area contributed by atoms with Gasteiger partial charge in [0.05, 0.1) is 5.69 Å². The Balaban J connectivity index is 1.53. The van der Waals surface area contributed by atoms with E-state index in [0.29, 0.717) is 17.7 Å². The highest BCUT2D eigenvalue weighted by Gasteiger charge is 2.39. The Morgan fingerprint density at radius 3 is 2.89 bits per heavy atom. The molecule has 0 bridgehead atoms. The highest BCUT2D eigenvalue weighted by atomic mass is 32.1. The quantitative estimate of drug-likeness (QED) is 0.768. The lowest BCUT2D eigenvalue weighted by atomic mass is 10.0. The van der Waals surface area contributed by atoms with E-state index in [2.05, 4.69) is 10.3 Å². The smallest absolute Gasteiger partial charge is 0.273 e. The summed E-state index contributed by atoms with van der Waals surface area (Å²) in [6.07, 6.45) is -2.08. The van der Waals surface area contributed by atoms with Gasteiger partial charge in [-0.25, -0.2) is 13.8 Å². The van der Waals surface area contributed by atoms with Gasteiger partial charge >= 0.3 is 0 Å². The maximum Gasteiger partial charge on any atom is 0.273 e. The van der Waals surface area contributed by atoms with Crippen molar-refractivity contribution in [3.8, 4) is 16.5 Å². The molecule has 3 heterocycles. The van der Waals surface area contributed by atoms with Gasteiger partial charge in [-0.2, -0.15) is 0 Å². The highest BCUT2D eigenvalue weighted by molar-refractivity contribution is 7.11. The summed E-state index contributed by atoms with van der Waals surface area (Å²) < 4.78 is 29.4. The van der Waals surface area contributed by atoms with Gasteiger partial charge in [0.25, 0.3) is 17.5 Å². The largest absolute Gasteiger partial charge is 0.464 e. The summed E-state index contributed by atoms with van der Waals surface area (Å²) in [5.41, 5.74) is 2.52. The molecule has 3 amide bonds. The molecule has 1 aromatic heterocycles. The minimum atomic E-state index is -2.57. The molecule has 28 heavy (non-hydrogen) atoms. The number of rotatable bonds is 5. The molecule has 0 spiro atoms. The molecule has 1 fully saturated rings. The normalized spacial score (nSPS) is 19.2. The van der Waals surface area contributed by atoms with E-state index in [4.69, 9.17) is 4.74 Å². The van der Waals surface area contributed by atoms with Gasteiger partial charge in [0.2, 0.25) is 11.8 Å². The Kier molecular flexibility index (Phi) is 4.80. The Labute approximate surface area is 162 Å². The molecule has 1 aromatic carbocycles. The van der Waals surface area contributed by atoms with E-state index >= 15 is 0 Å². The maximum atomic E-state index is 12.7. The van der Waals surface area contributed by atoms with Crippen LogP contribution in [0, 0.1) is 0 Å². The van der Waals surface area contributed by atoms with Crippen molar-refractivity contribution in [3.05, 3.63) is 34.7 Å². The minimum absolute atomic E-state index is 0.150. The molecule has 1 saturated heterocycles. The molecule has 0 aliphatic carbocycles. The van der Waals surface area contributed by atoms with Crippen molar-refractivity contribution in [2.75, 3.05) is 6.61 Å². The fourth-order valence-corrected chi connectivity index (χ4v) is 4.01. The standard InChI is InChI=1S/C18H15F2N3O4S/c19-14(20)7-27-18-21-12(8-28-18)9-1-2-11-10(5-9)6-23(17(11)26)13-3-4-15(24)22-16(13)25/h1-2,5,8,13-14H,3-4,6-7H2,(H,22,24,25). The van der Waals surface area contributed by atoms with E-state index in [1.54, 1.807) is 23.6 Å². The fourth-order valence-electron chi connectivity index (χ4n) is 3.32. The van der Waals surface area contributed by atoms with Crippen LogP contribution in [-0.2, 0) is 16.1 Å². The van der Waals surface area contributed by atoms with Gasteiger partial charge in [-0.15, -0.1) is 0 Å². The number of fused-ring (bicyclic) bond motifs is 1. The second-order valence-electron chi connectivity index (χ2n) is 6.47. The zero-order valence-electron chi connectivity index (χ0n) is 14.5. The first-order valence-electron chi connectivity index (χ1n) is 8.57. The number of hydrogen-bond acceptors (Lipinski definition) is 6. The SMILES string of the molecule is O=C1CCC(N2Cc3cc(-c4csc(OCC(F)F)n4)ccc3C2=O)C(=O)N1. The van der Waals surface area contributed by atoms with Crippen LogP contribution < -0.4 is 10.1 Å². The summed E-state index contributed by atoms with van der Waals surface area (Å²) >= 11 is 1.12.